The van der Waals surface area contributed by atoms with E-state index >= 15 is 0 Å². The molecular weight excluding hydrogens is 398 g/mol. The van der Waals surface area contributed by atoms with Crippen LogP contribution in [0.15, 0.2) is 70.2 Å². The number of amides is 1. The first-order chi connectivity index (χ1) is 14.4. The molecule has 2 aromatic carbocycles. The second-order valence-electron chi connectivity index (χ2n) is 7.15. The Hall–Kier alpha value is -3.44. The van der Waals surface area contributed by atoms with Crippen LogP contribution in [-0.4, -0.2) is 10.9 Å². The van der Waals surface area contributed by atoms with Crippen LogP contribution in [0, 0.1) is 20.8 Å². The molecule has 5 nitrogen and oxygen atoms in total. The molecule has 0 unspecified atom stereocenters. The molecular formula is C24H20ClN3O2. The fourth-order valence-electron chi connectivity index (χ4n) is 3.04. The quantitative estimate of drug-likeness (QED) is 0.451. The first-order valence-corrected chi connectivity index (χ1v) is 9.87. The van der Waals surface area contributed by atoms with E-state index in [-0.39, 0.29) is 11.5 Å². The molecule has 0 radical (unpaired) electrons. The maximum absolute atomic E-state index is 13.1. The number of hydrogen-bond acceptors (Lipinski definition) is 4. The van der Waals surface area contributed by atoms with E-state index in [1.54, 1.807) is 36.5 Å². The summed E-state index contributed by atoms with van der Waals surface area (Å²) in [6, 6.07) is 16.5. The van der Waals surface area contributed by atoms with Gasteiger partial charge in [0, 0.05) is 16.6 Å². The van der Waals surface area contributed by atoms with Crippen molar-refractivity contribution >= 4 is 40.0 Å². The lowest BCUT2D eigenvalue weighted by Crippen LogP contribution is -2.22. The zero-order valence-electron chi connectivity index (χ0n) is 16.9. The average molecular weight is 418 g/mol. The molecule has 0 aliphatic rings. The van der Waals surface area contributed by atoms with Crippen molar-refractivity contribution in [3.8, 4) is 0 Å². The minimum Gasteiger partial charge on any atom is -0.438 e. The van der Waals surface area contributed by atoms with Crippen LogP contribution in [0.1, 0.15) is 27.0 Å². The summed E-state index contributed by atoms with van der Waals surface area (Å²) in [5, 5.41) is 4.09. The fourth-order valence-corrected chi connectivity index (χ4v) is 3.22. The summed E-state index contributed by atoms with van der Waals surface area (Å²) in [6.07, 6.45) is 1.70. The van der Waals surface area contributed by atoms with Crippen LogP contribution >= 0.6 is 11.6 Å². The van der Waals surface area contributed by atoms with Gasteiger partial charge in [-0.1, -0.05) is 29.8 Å². The second kappa shape index (κ2) is 8.13. The van der Waals surface area contributed by atoms with Crippen molar-refractivity contribution in [2.24, 2.45) is 4.99 Å². The zero-order valence-corrected chi connectivity index (χ0v) is 17.6. The molecule has 1 amide bonds. The molecule has 0 spiro atoms. The van der Waals surface area contributed by atoms with E-state index in [0.29, 0.717) is 27.4 Å². The van der Waals surface area contributed by atoms with Crippen LogP contribution in [0.5, 0.6) is 0 Å². The molecule has 0 bridgehead atoms. The molecule has 2 aromatic heterocycles. The molecule has 0 aliphatic heterocycles. The summed E-state index contributed by atoms with van der Waals surface area (Å²) in [5.41, 5.74) is 5.00. The Morgan fingerprint density at radius 1 is 1.07 bits per heavy atom. The van der Waals surface area contributed by atoms with E-state index in [2.05, 4.69) is 15.3 Å². The number of halogens is 1. The highest BCUT2D eigenvalue weighted by atomic mass is 35.5. The average Bonchev–Trinajstić information content (AvgIpc) is 2.72. The first-order valence-electron chi connectivity index (χ1n) is 9.49. The van der Waals surface area contributed by atoms with Gasteiger partial charge in [0.2, 0.25) is 5.55 Å². The molecule has 2 heterocycles. The van der Waals surface area contributed by atoms with Crippen LogP contribution in [0.3, 0.4) is 0 Å². The predicted molar refractivity (Wildman–Crippen MR) is 119 cm³/mol. The van der Waals surface area contributed by atoms with Gasteiger partial charge in [0.05, 0.1) is 5.69 Å². The van der Waals surface area contributed by atoms with Crippen LogP contribution in [0.25, 0.3) is 11.0 Å². The third kappa shape index (κ3) is 4.11. The second-order valence-corrected chi connectivity index (χ2v) is 7.59. The number of pyridine rings is 1. The molecule has 150 valence electrons. The summed E-state index contributed by atoms with van der Waals surface area (Å²) in [5.74, 6) is 0.0931. The van der Waals surface area contributed by atoms with Gasteiger partial charge in [-0.15, -0.1) is 0 Å². The van der Waals surface area contributed by atoms with Gasteiger partial charge in [0.15, 0.2) is 0 Å². The molecule has 0 saturated heterocycles. The Balaban J connectivity index is 1.88. The predicted octanol–water partition coefficient (Wildman–Crippen LogP) is 5.89. The molecule has 1 N–H and O–H groups in total. The van der Waals surface area contributed by atoms with E-state index in [0.717, 1.165) is 22.4 Å². The minimum absolute atomic E-state index is 0.225. The van der Waals surface area contributed by atoms with Crippen molar-refractivity contribution in [1.29, 1.82) is 0 Å². The highest BCUT2D eigenvalue weighted by Gasteiger charge is 2.14. The number of aromatic nitrogens is 1. The number of carbonyl (C=O) groups is 1. The van der Waals surface area contributed by atoms with Crippen LogP contribution in [-0.2, 0) is 0 Å². The number of benzene rings is 2. The lowest BCUT2D eigenvalue weighted by Gasteiger charge is -2.08. The van der Waals surface area contributed by atoms with E-state index in [4.69, 9.17) is 16.0 Å². The van der Waals surface area contributed by atoms with Gasteiger partial charge in [-0.3, -0.25) is 4.79 Å². The monoisotopic (exact) mass is 417 g/mol. The lowest BCUT2D eigenvalue weighted by atomic mass is 10.1. The molecule has 30 heavy (non-hydrogen) atoms. The maximum atomic E-state index is 13.1. The smallest absolute Gasteiger partial charge is 0.262 e. The number of rotatable bonds is 3. The minimum atomic E-state index is -0.360. The van der Waals surface area contributed by atoms with Gasteiger partial charge in [0.1, 0.15) is 17.0 Å². The van der Waals surface area contributed by atoms with E-state index in [9.17, 15) is 4.79 Å². The Kier molecular flexibility index (Phi) is 5.38. The number of hydrogen-bond donors (Lipinski definition) is 1. The topological polar surface area (TPSA) is 67.5 Å². The highest BCUT2D eigenvalue weighted by Crippen LogP contribution is 2.23. The van der Waals surface area contributed by atoms with Crippen molar-refractivity contribution in [3.63, 3.8) is 0 Å². The zero-order chi connectivity index (χ0) is 21.3. The number of carbonyl (C=O) groups excluding carboxylic acids is 1. The summed E-state index contributed by atoms with van der Waals surface area (Å²) in [6.45, 7) is 5.95. The standard InChI is InChI=1S/C24H20ClN3O2/c1-14-7-10-22(26-13-14)28-23(29)19-12-17-11-18(25)8-9-21(17)30-24(19)27-20-6-4-5-15(2)16(20)3/h4-13H,1-3H3,(H,26,28,29). The molecule has 0 saturated carbocycles. The van der Waals surface area contributed by atoms with Gasteiger partial charge in [-0.25, -0.2) is 9.98 Å². The SMILES string of the molecule is Cc1ccc(NC(=O)c2cc3cc(Cl)ccc3oc2=Nc2cccc(C)c2C)nc1. The van der Waals surface area contributed by atoms with Crippen LogP contribution in [0.4, 0.5) is 11.5 Å². The number of fused-ring (bicyclic) bond motifs is 1. The van der Waals surface area contributed by atoms with E-state index in [1.165, 1.54) is 0 Å². The summed E-state index contributed by atoms with van der Waals surface area (Å²) in [4.78, 5) is 22.0. The highest BCUT2D eigenvalue weighted by molar-refractivity contribution is 6.31. The van der Waals surface area contributed by atoms with Crippen molar-refractivity contribution in [1.82, 2.24) is 4.98 Å². The Morgan fingerprint density at radius 3 is 2.67 bits per heavy atom. The summed E-state index contributed by atoms with van der Waals surface area (Å²) in [7, 11) is 0. The number of anilines is 1. The summed E-state index contributed by atoms with van der Waals surface area (Å²) < 4.78 is 6.02. The van der Waals surface area contributed by atoms with Crippen molar-refractivity contribution in [2.75, 3.05) is 5.32 Å². The van der Waals surface area contributed by atoms with Crippen LogP contribution in [0.2, 0.25) is 5.02 Å². The van der Waals surface area contributed by atoms with Gasteiger partial charge in [-0.05, 0) is 73.9 Å². The number of aryl methyl sites for hydroxylation is 2. The first kappa shape index (κ1) is 19.9. The fraction of sp³-hybridized carbons (Fsp3) is 0.125. The third-order valence-electron chi connectivity index (χ3n) is 4.90. The number of nitrogens with zero attached hydrogens (tertiary/aromatic N) is 2. The van der Waals surface area contributed by atoms with Crippen molar-refractivity contribution < 1.29 is 9.21 Å². The van der Waals surface area contributed by atoms with Gasteiger partial charge < -0.3 is 9.73 Å². The Bertz CT molecular complexity index is 1320. The van der Waals surface area contributed by atoms with Crippen molar-refractivity contribution in [2.45, 2.75) is 20.8 Å². The van der Waals surface area contributed by atoms with Gasteiger partial charge in [-0.2, -0.15) is 0 Å². The van der Waals surface area contributed by atoms with E-state index in [1.807, 2.05) is 45.0 Å². The number of nitrogens with one attached hydrogen (secondary N) is 1. The third-order valence-corrected chi connectivity index (χ3v) is 5.14. The van der Waals surface area contributed by atoms with E-state index < -0.39 is 0 Å². The lowest BCUT2D eigenvalue weighted by molar-refractivity contribution is 0.102. The molecule has 4 rings (SSSR count). The van der Waals surface area contributed by atoms with Crippen LogP contribution < -0.4 is 10.9 Å². The molecule has 0 aliphatic carbocycles. The van der Waals surface area contributed by atoms with Gasteiger partial charge in [0.25, 0.3) is 5.91 Å². The largest absolute Gasteiger partial charge is 0.438 e. The van der Waals surface area contributed by atoms with Gasteiger partial charge >= 0.3 is 0 Å². The Morgan fingerprint density at radius 2 is 1.90 bits per heavy atom. The Labute approximate surface area is 179 Å². The summed E-state index contributed by atoms with van der Waals surface area (Å²) >= 11 is 6.13. The molecule has 0 atom stereocenters. The van der Waals surface area contributed by atoms with Crippen molar-refractivity contribution in [3.05, 3.63) is 93.6 Å². The molecule has 4 aromatic rings. The maximum Gasteiger partial charge on any atom is 0.262 e. The molecule has 0 fully saturated rings. The normalized spacial score (nSPS) is 11.7. The molecule has 6 heteroatoms.